The van der Waals surface area contributed by atoms with Crippen LogP contribution in [0.1, 0.15) is 51.4 Å². The second-order valence-electron chi connectivity index (χ2n) is 4.88. The highest BCUT2D eigenvalue weighted by molar-refractivity contribution is 5.61. The van der Waals surface area contributed by atoms with Crippen molar-refractivity contribution in [2.75, 3.05) is 0 Å². The molecule has 78 valence electrons. The van der Waals surface area contributed by atoms with Crippen LogP contribution in [0.15, 0.2) is 12.2 Å². The molecule has 0 aromatic rings. The predicted molar refractivity (Wildman–Crippen MR) is 58.1 cm³/mol. The summed E-state index contributed by atoms with van der Waals surface area (Å²) in [6.07, 6.45) is 15.7. The monoisotopic (exact) mass is 192 g/mol. The zero-order chi connectivity index (χ0) is 9.86. The SMILES string of the molecule is O=CC1(C2C=CCCC2)CCCCC1. The lowest BCUT2D eigenvalue weighted by Gasteiger charge is -2.39. The van der Waals surface area contributed by atoms with Gasteiger partial charge >= 0.3 is 0 Å². The van der Waals surface area contributed by atoms with Gasteiger partial charge in [-0.1, -0.05) is 31.4 Å². The largest absolute Gasteiger partial charge is 0.303 e. The zero-order valence-corrected chi connectivity index (χ0v) is 8.87. The molecule has 1 heteroatoms. The van der Waals surface area contributed by atoms with Gasteiger partial charge in [-0.2, -0.15) is 0 Å². The first-order chi connectivity index (χ1) is 6.87. The molecule has 2 aliphatic carbocycles. The maximum Gasteiger partial charge on any atom is 0.126 e. The van der Waals surface area contributed by atoms with E-state index in [1.807, 2.05) is 0 Å². The third-order valence-electron chi connectivity index (χ3n) is 4.01. The van der Waals surface area contributed by atoms with E-state index in [9.17, 15) is 4.79 Å². The van der Waals surface area contributed by atoms with E-state index >= 15 is 0 Å². The molecule has 2 rings (SSSR count). The number of rotatable bonds is 2. The lowest BCUT2D eigenvalue weighted by atomic mass is 9.64. The van der Waals surface area contributed by atoms with E-state index in [1.54, 1.807) is 0 Å². The van der Waals surface area contributed by atoms with E-state index in [0.29, 0.717) is 5.92 Å². The van der Waals surface area contributed by atoms with Crippen LogP contribution >= 0.6 is 0 Å². The highest BCUT2D eigenvalue weighted by Crippen LogP contribution is 2.44. The molecule has 1 saturated carbocycles. The summed E-state index contributed by atoms with van der Waals surface area (Å²) in [5, 5.41) is 0. The van der Waals surface area contributed by atoms with Crippen molar-refractivity contribution >= 4 is 6.29 Å². The van der Waals surface area contributed by atoms with E-state index in [4.69, 9.17) is 0 Å². The highest BCUT2D eigenvalue weighted by atomic mass is 16.1. The fourth-order valence-corrected chi connectivity index (χ4v) is 3.08. The zero-order valence-electron chi connectivity index (χ0n) is 8.87. The molecule has 0 aromatic carbocycles. The van der Waals surface area contributed by atoms with Crippen molar-refractivity contribution in [3.05, 3.63) is 12.2 Å². The summed E-state index contributed by atoms with van der Waals surface area (Å²) < 4.78 is 0. The Morgan fingerprint density at radius 1 is 1.14 bits per heavy atom. The third-order valence-corrected chi connectivity index (χ3v) is 4.01. The molecule has 0 amide bonds. The average Bonchev–Trinajstić information content (AvgIpc) is 2.31. The topological polar surface area (TPSA) is 17.1 Å². The minimum Gasteiger partial charge on any atom is -0.303 e. The number of hydrogen-bond donors (Lipinski definition) is 0. The summed E-state index contributed by atoms with van der Waals surface area (Å²) in [5.74, 6) is 0.550. The van der Waals surface area contributed by atoms with Crippen LogP contribution in [0.3, 0.4) is 0 Å². The summed E-state index contributed by atoms with van der Waals surface area (Å²) in [6, 6.07) is 0. The summed E-state index contributed by atoms with van der Waals surface area (Å²) in [7, 11) is 0. The molecule has 0 radical (unpaired) electrons. The number of aldehydes is 1. The maximum absolute atomic E-state index is 11.3. The van der Waals surface area contributed by atoms with Gasteiger partial charge in [-0.3, -0.25) is 0 Å². The van der Waals surface area contributed by atoms with Crippen molar-refractivity contribution < 1.29 is 4.79 Å². The molecule has 0 aromatic heterocycles. The lowest BCUT2D eigenvalue weighted by molar-refractivity contribution is -0.120. The van der Waals surface area contributed by atoms with Gasteiger partial charge in [0, 0.05) is 5.41 Å². The molecule has 14 heavy (non-hydrogen) atoms. The van der Waals surface area contributed by atoms with Crippen LogP contribution in [0.25, 0.3) is 0 Å². The van der Waals surface area contributed by atoms with Crippen LogP contribution in [0.4, 0.5) is 0 Å². The Hall–Kier alpha value is -0.590. The normalized spacial score (nSPS) is 31.3. The minimum absolute atomic E-state index is 0.0230. The van der Waals surface area contributed by atoms with Crippen molar-refractivity contribution in [2.24, 2.45) is 11.3 Å². The molecule has 0 N–H and O–H groups in total. The Morgan fingerprint density at radius 3 is 2.50 bits per heavy atom. The van der Waals surface area contributed by atoms with Gasteiger partial charge in [0.2, 0.25) is 0 Å². The van der Waals surface area contributed by atoms with Gasteiger partial charge in [-0.25, -0.2) is 0 Å². The molecule has 0 bridgehead atoms. The first-order valence-electron chi connectivity index (χ1n) is 6.00. The van der Waals surface area contributed by atoms with Gasteiger partial charge in [-0.05, 0) is 38.0 Å². The van der Waals surface area contributed by atoms with Crippen LogP contribution in [0.5, 0.6) is 0 Å². The Balaban J connectivity index is 2.12. The molecule has 1 unspecified atom stereocenters. The summed E-state index contributed by atoms with van der Waals surface area (Å²) >= 11 is 0. The van der Waals surface area contributed by atoms with Gasteiger partial charge in [-0.15, -0.1) is 0 Å². The first kappa shape index (κ1) is 9.95. The minimum atomic E-state index is 0.0230. The van der Waals surface area contributed by atoms with Gasteiger partial charge in [0.1, 0.15) is 6.29 Å². The fourth-order valence-electron chi connectivity index (χ4n) is 3.08. The molecule has 1 fully saturated rings. The second-order valence-corrected chi connectivity index (χ2v) is 4.88. The molecule has 0 saturated heterocycles. The van der Waals surface area contributed by atoms with Crippen molar-refractivity contribution in [2.45, 2.75) is 51.4 Å². The number of carbonyl (C=O) groups is 1. The summed E-state index contributed by atoms with van der Waals surface area (Å²) in [6.45, 7) is 0. The number of hydrogen-bond acceptors (Lipinski definition) is 1. The fraction of sp³-hybridized carbons (Fsp3) is 0.769. The van der Waals surface area contributed by atoms with E-state index in [1.165, 1.54) is 44.8 Å². The van der Waals surface area contributed by atoms with Crippen LogP contribution in [-0.4, -0.2) is 6.29 Å². The predicted octanol–water partition coefficient (Wildman–Crippen LogP) is 3.49. The molecule has 1 atom stereocenters. The smallest absolute Gasteiger partial charge is 0.126 e. The molecule has 1 nitrogen and oxygen atoms in total. The second kappa shape index (κ2) is 4.29. The average molecular weight is 192 g/mol. The molecule has 0 spiro atoms. The summed E-state index contributed by atoms with van der Waals surface area (Å²) in [5.41, 5.74) is 0.0230. The van der Waals surface area contributed by atoms with Gasteiger partial charge in [0.05, 0.1) is 0 Å². The van der Waals surface area contributed by atoms with E-state index < -0.39 is 0 Å². The van der Waals surface area contributed by atoms with Crippen molar-refractivity contribution in [3.8, 4) is 0 Å². The van der Waals surface area contributed by atoms with Crippen molar-refractivity contribution in [3.63, 3.8) is 0 Å². The van der Waals surface area contributed by atoms with Crippen LogP contribution in [0.2, 0.25) is 0 Å². The Morgan fingerprint density at radius 2 is 1.93 bits per heavy atom. The number of allylic oxidation sites excluding steroid dienone is 2. The molecule has 0 heterocycles. The van der Waals surface area contributed by atoms with E-state index in [2.05, 4.69) is 12.2 Å². The molecular weight excluding hydrogens is 172 g/mol. The standard InChI is InChI=1S/C13H20O/c14-11-13(9-5-2-6-10-13)12-7-3-1-4-8-12/h3,7,11-12H,1-2,4-6,8-10H2. The molecule has 0 aliphatic heterocycles. The Bertz CT molecular complexity index is 223. The first-order valence-corrected chi connectivity index (χ1v) is 6.00. The molecular formula is C13H20O. The van der Waals surface area contributed by atoms with Crippen molar-refractivity contribution in [1.29, 1.82) is 0 Å². The quantitative estimate of drug-likeness (QED) is 0.483. The van der Waals surface area contributed by atoms with Crippen LogP contribution in [-0.2, 0) is 4.79 Å². The van der Waals surface area contributed by atoms with Gasteiger partial charge in [0.15, 0.2) is 0 Å². The summed E-state index contributed by atoms with van der Waals surface area (Å²) in [4.78, 5) is 11.3. The van der Waals surface area contributed by atoms with Gasteiger partial charge < -0.3 is 4.79 Å². The third kappa shape index (κ3) is 1.77. The van der Waals surface area contributed by atoms with Crippen LogP contribution < -0.4 is 0 Å². The molecule has 2 aliphatic rings. The lowest BCUT2D eigenvalue weighted by Crippen LogP contribution is -2.34. The number of carbonyl (C=O) groups excluding carboxylic acids is 1. The highest BCUT2D eigenvalue weighted by Gasteiger charge is 2.38. The van der Waals surface area contributed by atoms with Crippen molar-refractivity contribution in [1.82, 2.24) is 0 Å². The van der Waals surface area contributed by atoms with Gasteiger partial charge in [0.25, 0.3) is 0 Å². The Labute approximate surface area is 86.6 Å². The maximum atomic E-state index is 11.3. The van der Waals surface area contributed by atoms with E-state index in [-0.39, 0.29) is 5.41 Å². The van der Waals surface area contributed by atoms with Crippen LogP contribution in [0, 0.1) is 11.3 Å². The van der Waals surface area contributed by atoms with E-state index in [0.717, 1.165) is 12.8 Å². The Kier molecular flexibility index (Phi) is 3.05.